The summed E-state index contributed by atoms with van der Waals surface area (Å²) < 4.78 is 28.4. The maximum Gasteiger partial charge on any atom is 0.264 e. The highest BCUT2D eigenvalue weighted by Gasteiger charge is 2.25. The molecule has 2 aromatic carbocycles. The van der Waals surface area contributed by atoms with Crippen molar-refractivity contribution in [3.8, 4) is 0 Å². The summed E-state index contributed by atoms with van der Waals surface area (Å²) in [5, 5.41) is 2.81. The minimum atomic E-state index is -3.79. The van der Waals surface area contributed by atoms with Gasteiger partial charge in [0.05, 0.1) is 21.5 Å². The number of para-hydroxylation sites is 1. The first-order valence-electron chi connectivity index (χ1n) is 9.01. The van der Waals surface area contributed by atoms with Crippen LogP contribution in [0.1, 0.15) is 16.9 Å². The number of benzene rings is 2. The second kappa shape index (κ2) is 9.43. The average Bonchev–Trinajstić information content (AvgIpc) is 3.13. The third kappa shape index (κ3) is 5.59. The molecule has 0 saturated heterocycles. The van der Waals surface area contributed by atoms with E-state index in [4.69, 9.17) is 11.6 Å². The van der Waals surface area contributed by atoms with Crippen LogP contribution >= 0.6 is 22.9 Å². The minimum Gasteiger partial charge on any atom is -0.351 e. The average molecular weight is 449 g/mol. The largest absolute Gasteiger partial charge is 0.351 e. The van der Waals surface area contributed by atoms with Crippen molar-refractivity contribution >= 4 is 44.6 Å². The van der Waals surface area contributed by atoms with Crippen molar-refractivity contribution < 1.29 is 13.2 Å². The molecule has 152 valence electrons. The van der Waals surface area contributed by atoms with E-state index in [0.29, 0.717) is 16.6 Å². The number of hydrogen-bond donors (Lipinski definition) is 1. The molecule has 0 spiro atoms. The molecule has 1 aromatic heterocycles. The highest BCUT2D eigenvalue weighted by molar-refractivity contribution is 7.92. The Labute approximate surface area is 180 Å². The lowest BCUT2D eigenvalue weighted by atomic mass is 10.2. The Morgan fingerprint density at radius 2 is 1.72 bits per heavy atom. The van der Waals surface area contributed by atoms with Crippen LogP contribution in [0.4, 0.5) is 5.69 Å². The molecular weight excluding hydrogens is 428 g/mol. The molecule has 0 bridgehead atoms. The number of thiophene rings is 1. The fraction of sp³-hybridized carbons (Fsp3) is 0.190. The smallest absolute Gasteiger partial charge is 0.264 e. The monoisotopic (exact) mass is 448 g/mol. The van der Waals surface area contributed by atoms with Gasteiger partial charge < -0.3 is 5.32 Å². The van der Waals surface area contributed by atoms with Gasteiger partial charge in [-0.05, 0) is 43.3 Å². The predicted molar refractivity (Wildman–Crippen MR) is 118 cm³/mol. The Balaban J connectivity index is 1.74. The highest BCUT2D eigenvalue weighted by atomic mass is 35.5. The van der Waals surface area contributed by atoms with Crippen molar-refractivity contribution in [2.45, 2.75) is 24.8 Å². The van der Waals surface area contributed by atoms with Gasteiger partial charge in [0, 0.05) is 17.8 Å². The molecule has 0 aliphatic rings. The molecule has 3 aromatic rings. The molecule has 5 nitrogen and oxygen atoms in total. The summed E-state index contributed by atoms with van der Waals surface area (Å²) in [5.41, 5.74) is 1.49. The van der Waals surface area contributed by atoms with Gasteiger partial charge in [0.1, 0.15) is 0 Å². The molecular formula is C21H21ClN2O3S2. The molecule has 0 unspecified atom stereocenters. The van der Waals surface area contributed by atoms with Crippen molar-refractivity contribution in [1.82, 2.24) is 5.32 Å². The number of anilines is 1. The number of aryl methyl sites for hydroxylation is 1. The first-order valence-corrected chi connectivity index (χ1v) is 11.6. The van der Waals surface area contributed by atoms with Crippen LogP contribution in [-0.4, -0.2) is 20.9 Å². The summed E-state index contributed by atoms with van der Waals surface area (Å²) in [6.45, 7) is 2.31. The number of sulfonamides is 1. The molecule has 29 heavy (non-hydrogen) atoms. The normalized spacial score (nSPS) is 11.2. The van der Waals surface area contributed by atoms with Crippen LogP contribution in [0.25, 0.3) is 0 Å². The minimum absolute atomic E-state index is 0.0389. The molecule has 8 heteroatoms. The quantitative estimate of drug-likeness (QED) is 0.547. The SMILES string of the molecule is Cc1ccc(S(=O)(=O)N(CCC(=O)NCc2ccc(Cl)s2)c2ccccc2)cc1. The summed E-state index contributed by atoms with van der Waals surface area (Å²) in [5.74, 6) is -0.227. The van der Waals surface area contributed by atoms with E-state index >= 15 is 0 Å². The van der Waals surface area contributed by atoms with E-state index in [1.165, 1.54) is 15.6 Å². The third-order valence-electron chi connectivity index (χ3n) is 4.28. The van der Waals surface area contributed by atoms with E-state index in [1.807, 2.05) is 19.1 Å². The van der Waals surface area contributed by atoms with Gasteiger partial charge in [0.2, 0.25) is 5.91 Å². The number of carbonyl (C=O) groups is 1. The number of hydrogen-bond acceptors (Lipinski definition) is 4. The van der Waals surface area contributed by atoms with Gasteiger partial charge in [-0.25, -0.2) is 8.42 Å². The lowest BCUT2D eigenvalue weighted by Crippen LogP contribution is -2.35. The summed E-state index contributed by atoms with van der Waals surface area (Å²) in [6, 6.07) is 19.1. The predicted octanol–water partition coefficient (Wildman–Crippen LogP) is 4.61. The van der Waals surface area contributed by atoms with E-state index in [-0.39, 0.29) is 23.8 Å². The number of nitrogens with zero attached hydrogens (tertiary/aromatic N) is 1. The second-order valence-electron chi connectivity index (χ2n) is 6.46. The Hall–Kier alpha value is -2.35. The van der Waals surface area contributed by atoms with E-state index < -0.39 is 10.0 Å². The zero-order chi connectivity index (χ0) is 20.9. The first-order chi connectivity index (χ1) is 13.9. The molecule has 3 rings (SSSR count). The number of amides is 1. The van der Waals surface area contributed by atoms with E-state index in [9.17, 15) is 13.2 Å². The first kappa shape index (κ1) is 21.4. The zero-order valence-corrected chi connectivity index (χ0v) is 18.2. The van der Waals surface area contributed by atoms with Crippen LogP contribution < -0.4 is 9.62 Å². The molecule has 0 aliphatic carbocycles. The molecule has 0 radical (unpaired) electrons. The van der Waals surface area contributed by atoms with Crippen molar-refractivity contribution in [3.63, 3.8) is 0 Å². The van der Waals surface area contributed by atoms with Crippen LogP contribution in [0.3, 0.4) is 0 Å². The Morgan fingerprint density at radius 3 is 2.34 bits per heavy atom. The van der Waals surface area contributed by atoms with Crippen molar-refractivity contribution in [2.75, 3.05) is 10.8 Å². The van der Waals surface area contributed by atoms with Gasteiger partial charge >= 0.3 is 0 Å². The van der Waals surface area contributed by atoms with Gasteiger partial charge in [0.25, 0.3) is 10.0 Å². The fourth-order valence-electron chi connectivity index (χ4n) is 2.74. The van der Waals surface area contributed by atoms with Crippen LogP contribution in [0.5, 0.6) is 0 Å². The maximum absolute atomic E-state index is 13.2. The van der Waals surface area contributed by atoms with Crippen molar-refractivity contribution in [2.24, 2.45) is 0 Å². The molecule has 0 atom stereocenters. The van der Waals surface area contributed by atoms with Crippen LogP contribution in [0.15, 0.2) is 71.6 Å². The summed E-state index contributed by atoms with van der Waals surface area (Å²) in [7, 11) is -3.79. The molecule has 0 saturated carbocycles. The van der Waals surface area contributed by atoms with Gasteiger partial charge in [0.15, 0.2) is 0 Å². The Kier molecular flexibility index (Phi) is 6.95. The standard InChI is InChI=1S/C21H21ClN2O3S2/c1-16-7-10-19(11-8-16)29(26,27)24(17-5-3-2-4-6-17)14-13-21(25)23-15-18-9-12-20(22)28-18/h2-12H,13-15H2,1H3,(H,23,25). The van der Waals surface area contributed by atoms with E-state index in [1.54, 1.807) is 54.6 Å². The van der Waals surface area contributed by atoms with Crippen molar-refractivity contribution in [1.29, 1.82) is 0 Å². The van der Waals surface area contributed by atoms with Crippen molar-refractivity contribution in [3.05, 3.63) is 81.5 Å². The summed E-state index contributed by atoms with van der Waals surface area (Å²) >= 11 is 7.29. The van der Waals surface area contributed by atoms with Crippen LogP contribution in [-0.2, 0) is 21.4 Å². The molecule has 0 fully saturated rings. The number of rotatable bonds is 8. The molecule has 1 amide bonds. The number of nitrogens with one attached hydrogen (secondary N) is 1. The van der Waals surface area contributed by atoms with Crippen LogP contribution in [0.2, 0.25) is 4.34 Å². The van der Waals surface area contributed by atoms with Crippen LogP contribution in [0, 0.1) is 6.92 Å². The van der Waals surface area contributed by atoms with Gasteiger partial charge in [-0.15, -0.1) is 11.3 Å². The van der Waals surface area contributed by atoms with E-state index in [2.05, 4.69) is 5.32 Å². The lowest BCUT2D eigenvalue weighted by molar-refractivity contribution is -0.121. The maximum atomic E-state index is 13.2. The summed E-state index contributed by atoms with van der Waals surface area (Å²) in [6.07, 6.45) is 0.0408. The van der Waals surface area contributed by atoms with E-state index in [0.717, 1.165) is 10.4 Å². The third-order valence-corrected chi connectivity index (χ3v) is 7.36. The fourth-order valence-corrected chi connectivity index (χ4v) is 5.24. The number of halogens is 1. The number of carbonyl (C=O) groups excluding carboxylic acids is 1. The second-order valence-corrected chi connectivity index (χ2v) is 10.1. The van der Waals surface area contributed by atoms with Gasteiger partial charge in [-0.1, -0.05) is 47.5 Å². The topological polar surface area (TPSA) is 66.5 Å². The molecule has 1 N–H and O–H groups in total. The lowest BCUT2D eigenvalue weighted by Gasteiger charge is -2.24. The zero-order valence-electron chi connectivity index (χ0n) is 15.8. The highest BCUT2D eigenvalue weighted by Crippen LogP contribution is 2.24. The Morgan fingerprint density at radius 1 is 1.03 bits per heavy atom. The Bertz CT molecular complexity index is 1060. The van der Waals surface area contributed by atoms with Gasteiger partial charge in [-0.3, -0.25) is 9.10 Å². The summed E-state index contributed by atoms with van der Waals surface area (Å²) in [4.78, 5) is 13.4. The van der Waals surface area contributed by atoms with Gasteiger partial charge in [-0.2, -0.15) is 0 Å². The molecule has 0 aliphatic heterocycles. The molecule has 1 heterocycles.